The van der Waals surface area contributed by atoms with Gasteiger partial charge in [0.2, 0.25) is 11.8 Å². The Bertz CT molecular complexity index is 1160. The van der Waals surface area contributed by atoms with Gasteiger partial charge in [0.25, 0.3) is 5.91 Å². The van der Waals surface area contributed by atoms with E-state index in [1.54, 1.807) is 35.4 Å². The summed E-state index contributed by atoms with van der Waals surface area (Å²) in [7, 11) is 0. The normalized spacial score (nSPS) is 15.6. The molecule has 1 aliphatic heterocycles. The number of carbonyl (C=O) groups is 2. The maximum Gasteiger partial charge on any atom is 0.253 e. The summed E-state index contributed by atoms with van der Waals surface area (Å²) in [5.74, 6) is 0.851. The van der Waals surface area contributed by atoms with Crippen LogP contribution in [0, 0.1) is 19.8 Å². The van der Waals surface area contributed by atoms with Gasteiger partial charge in [0.1, 0.15) is 5.75 Å². The maximum atomic E-state index is 12.9. The minimum Gasteiger partial charge on any atom is -0.439 e. The van der Waals surface area contributed by atoms with Crippen molar-refractivity contribution in [1.82, 2.24) is 15.2 Å². The molecule has 1 aliphatic rings. The van der Waals surface area contributed by atoms with E-state index in [9.17, 15) is 9.59 Å². The molecule has 34 heavy (non-hydrogen) atoms. The van der Waals surface area contributed by atoms with E-state index in [1.165, 1.54) is 0 Å². The van der Waals surface area contributed by atoms with Crippen LogP contribution in [-0.4, -0.2) is 34.8 Å². The van der Waals surface area contributed by atoms with Crippen molar-refractivity contribution in [3.05, 3.63) is 88.1 Å². The Hall–Kier alpha value is -3.38. The molecule has 1 fully saturated rings. The summed E-state index contributed by atoms with van der Waals surface area (Å²) < 4.78 is 5.92. The number of rotatable bonds is 6. The van der Waals surface area contributed by atoms with E-state index < -0.39 is 0 Å². The number of nitrogens with zero attached hydrogens (tertiary/aromatic N) is 2. The molecule has 3 aromatic rings. The van der Waals surface area contributed by atoms with Crippen LogP contribution in [0.1, 0.15) is 39.9 Å². The number of carbonyl (C=O) groups excluding carboxylic acids is 2. The highest BCUT2D eigenvalue weighted by Crippen LogP contribution is 2.23. The minimum atomic E-state index is -0.238. The molecular weight excluding hydrogens is 450 g/mol. The predicted molar refractivity (Wildman–Crippen MR) is 132 cm³/mol. The largest absolute Gasteiger partial charge is 0.439 e. The molecule has 0 aliphatic carbocycles. The van der Waals surface area contributed by atoms with E-state index in [0.29, 0.717) is 36.1 Å². The fraction of sp³-hybridized carbons (Fsp3) is 0.296. The number of nitrogens with one attached hydrogen (secondary N) is 1. The van der Waals surface area contributed by atoms with E-state index in [2.05, 4.69) is 16.4 Å². The van der Waals surface area contributed by atoms with Gasteiger partial charge in [-0.3, -0.25) is 9.59 Å². The van der Waals surface area contributed by atoms with Gasteiger partial charge in [0, 0.05) is 42.5 Å². The standard InChI is InChI=1S/C27H28ClN3O3/c1-18-12-19(2)14-24(13-18)34-25-15-20(9-10-29-25)16-30-26(32)22-4-3-11-31(17-22)27(33)21-5-7-23(28)8-6-21/h5-10,12-15,22H,3-4,11,16-17H2,1-2H3,(H,30,32)/t22-/m1/s1. The summed E-state index contributed by atoms with van der Waals surface area (Å²) in [6.45, 7) is 5.47. The third kappa shape index (κ3) is 6.14. The molecule has 7 heteroatoms. The molecule has 0 saturated carbocycles. The Kier molecular flexibility index (Phi) is 7.48. The highest BCUT2D eigenvalue weighted by Gasteiger charge is 2.28. The van der Waals surface area contributed by atoms with Gasteiger partial charge in [-0.05, 0) is 85.8 Å². The third-order valence-electron chi connectivity index (χ3n) is 5.85. The molecule has 1 N–H and O–H groups in total. The lowest BCUT2D eigenvalue weighted by molar-refractivity contribution is -0.126. The number of hydrogen-bond donors (Lipinski definition) is 1. The van der Waals surface area contributed by atoms with Crippen LogP contribution >= 0.6 is 11.6 Å². The molecule has 1 atom stereocenters. The first-order valence-electron chi connectivity index (χ1n) is 11.4. The molecule has 0 spiro atoms. The van der Waals surface area contributed by atoms with Gasteiger partial charge < -0.3 is 15.0 Å². The highest BCUT2D eigenvalue weighted by molar-refractivity contribution is 6.30. The Labute approximate surface area is 204 Å². The van der Waals surface area contributed by atoms with Crippen molar-refractivity contribution in [3.8, 4) is 11.6 Å². The van der Waals surface area contributed by atoms with Crippen molar-refractivity contribution in [2.45, 2.75) is 33.2 Å². The predicted octanol–water partition coefficient (Wildman–Crippen LogP) is 5.31. The topological polar surface area (TPSA) is 71.5 Å². The number of aryl methyl sites for hydroxylation is 2. The van der Waals surface area contributed by atoms with Gasteiger partial charge in [-0.15, -0.1) is 0 Å². The molecule has 2 aromatic carbocycles. The Morgan fingerprint density at radius 1 is 1.09 bits per heavy atom. The number of ether oxygens (including phenoxy) is 1. The minimum absolute atomic E-state index is 0.0535. The van der Waals surface area contributed by atoms with Crippen molar-refractivity contribution >= 4 is 23.4 Å². The van der Waals surface area contributed by atoms with Crippen LogP contribution < -0.4 is 10.1 Å². The lowest BCUT2D eigenvalue weighted by Crippen LogP contribution is -2.45. The smallest absolute Gasteiger partial charge is 0.253 e. The Morgan fingerprint density at radius 3 is 2.56 bits per heavy atom. The fourth-order valence-corrected chi connectivity index (χ4v) is 4.34. The molecule has 1 aromatic heterocycles. The highest BCUT2D eigenvalue weighted by atomic mass is 35.5. The van der Waals surface area contributed by atoms with Crippen LogP contribution in [0.5, 0.6) is 11.6 Å². The van der Waals surface area contributed by atoms with E-state index in [1.807, 2.05) is 38.1 Å². The number of benzene rings is 2. The number of amides is 2. The summed E-state index contributed by atoms with van der Waals surface area (Å²) in [5.41, 5.74) is 3.72. The Morgan fingerprint density at radius 2 is 1.82 bits per heavy atom. The van der Waals surface area contributed by atoms with Crippen LogP contribution in [0.2, 0.25) is 5.02 Å². The van der Waals surface area contributed by atoms with Crippen LogP contribution in [-0.2, 0) is 11.3 Å². The zero-order chi connectivity index (χ0) is 24.1. The van der Waals surface area contributed by atoms with Gasteiger partial charge in [-0.25, -0.2) is 4.98 Å². The van der Waals surface area contributed by atoms with Crippen LogP contribution in [0.3, 0.4) is 0 Å². The molecule has 4 rings (SSSR count). The number of aromatic nitrogens is 1. The maximum absolute atomic E-state index is 12.9. The van der Waals surface area contributed by atoms with Gasteiger partial charge in [0.15, 0.2) is 0 Å². The van der Waals surface area contributed by atoms with E-state index in [0.717, 1.165) is 35.3 Å². The van der Waals surface area contributed by atoms with Gasteiger partial charge in [-0.2, -0.15) is 0 Å². The second-order valence-electron chi connectivity index (χ2n) is 8.74. The molecular formula is C27H28ClN3O3. The van der Waals surface area contributed by atoms with E-state index in [4.69, 9.17) is 16.3 Å². The molecule has 0 unspecified atom stereocenters. The van der Waals surface area contributed by atoms with Gasteiger partial charge >= 0.3 is 0 Å². The summed E-state index contributed by atoms with van der Waals surface area (Å²) in [5, 5.41) is 3.60. The van der Waals surface area contributed by atoms with Gasteiger partial charge in [-0.1, -0.05) is 17.7 Å². The van der Waals surface area contributed by atoms with E-state index >= 15 is 0 Å². The number of pyridine rings is 1. The number of likely N-dealkylation sites (tertiary alicyclic amines) is 1. The zero-order valence-electron chi connectivity index (χ0n) is 19.4. The van der Waals surface area contributed by atoms with Crippen LogP contribution in [0.4, 0.5) is 0 Å². The van der Waals surface area contributed by atoms with Gasteiger partial charge in [0.05, 0.1) is 5.92 Å². The average Bonchev–Trinajstić information content (AvgIpc) is 2.82. The van der Waals surface area contributed by atoms with Crippen molar-refractivity contribution < 1.29 is 14.3 Å². The third-order valence-corrected chi connectivity index (χ3v) is 6.11. The Balaban J connectivity index is 1.33. The lowest BCUT2D eigenvalue weighted by atomic mass is 9.96. The van der Waals surface area contributed by atoms with Crippen LogP contribution in [0.25, 0.3) is 0 Å². The summed E-state index contributed by atoms with van der Waals surface area (Å²) >= 11 is 5.93. The molecule has 6 nitrogen and oxygen atoms in total. The summed E-state index contributed by atoms with van der Waals surface area (Å²) in [4.78, 5) is 31.7. The molecule has 0 radical (unpaired) electrons. The SMILES string of the molecule is Cc1cc(C)cc(Oc2cc(CNC(=O)[C@@H]3CCCN(C(=O)c4ccc(Cl)cc4)C3)ccn2)c1. The average molecular weight is 478 g/mol. The zero-order valence-corrected chi connectivity index (χ0v) is 20.1. The summed E-state index contributed by atoms with van der Waals surface area (Å²) in [6, 6.07) is 16.5. The summed E-state index contributed by atoms with van der Waals surface area (Å²) in [6.07, 6.45) is 3.22. The molecule has 1 saturated heterocycles. The number of hydrogen-bond acceptors (Lipinski definition) is 4. The lowest BCUT2D eigenvalue weighted by Gasteiger charge is -2.32. The van der Waals surface area contributed by atoms with Crippen molar-refractivity contribution in [2.24, 2.45) is 5.92 Å². The molecule has 2 amide bonds. The second-order valence-corrected chi connectivity index (χ2v) is 9.18. The molecule has 2 heterocycles. The number of halogens is 1. The molecule has 0 bridgehead atoms. The quantitative estimate of drug-likeness (QED) is 0.522. The van der Waals surface area contributed by atoms with Crippen LogP contribution in [0.15, 0.2) is 60.8 Å². The van der Waals surface area contributed by atoms with E-state index in [-0.39, 0.29) is 17.7 Å². The second kappa shape index (κ2) is 10.7. The van der Waals surface area contributed by atoms with Crippen molar-refractivity contribution in [1.29, 1.82) is 0 Å². The first kappa shape index (κ1) is 23.8. The van der Waals surface area contributed by atoms with Crippen molar-refractivity contribution in [2.75, 3.05) is 13.1 Å². The van der Waals surface area contributed by atoms with Crippen molar-refractivity contribution in [3.63, 3.8) is 0 Å². The first-order chi connectivity index (χ1) is 16.4. The molecule has 176 valence electrons. The first-order valence-corrected chi connectivity index (χ1v) is 11.8. The fourth-order valence-electron chi connectivity index (χ4n) is 4.21. The monoisotopic (exact) mass is 477 g/mol. The number of piperidine rings is 1.